The van der Waals surface area contributed by atoms with Crippen molar-refractivity contribution in [2.45, 2.75) is 18.7 Å². The summed E-state index contributed by atoms with van der Waals surface area (Å²) in [5.74, 6) is 1.28. The van der Waals surface area contributed by atoms with Gasteiger partial charge in [0.1, 0.15) is 18.2 Å². The summed E-state index contributed by atoms with van der Waals surface area (Å²) in [4.78, 5) is 28.6. The van der Waals surface area contributed by atoms with Crippen molar-refractivity contribution in [2.75, 3.05) is 25.1 Å². The minimum absolute atomic E-state index is 0.0135. The van der Waals surface area contributed by atoms with Crippen LogP contribution in [0.4, 0.5) is 10.6 Å². The lowest BCUT2D eigenvalue weighted by Crippen LogP contribution is -2.37. The van der Waals surface area contributed by atoms with Crippen molar-refractivity contribution in [1.82, 2.24) is 19.9 Å². The van der Waals surface area contributed by atoms with E-state index in [1.165, 1.54) is 6.33 Å². The maximum Gasteiger partial charge on any atom is 0.410 e. The van der Waals surface area contributed by atoms with Crippen LogP contribution in [0.3, 0.4) is 0 Å². The third-order valence-electron chi connectivity index (χ3n) is 4.34. The molecule has 4 heterocycles. The number of fused-ring (bicyclic) bond motifs is 1. The Morgan fingerprint density at radius 3 is 3.00 bits per heavy atom. The maximum absolute atomic E-state index is 12.1. The second-order valence-corrected chi connectivity index (χ2v) is 5.76. The topological polar surface area (TPSA) is 80.7 Å². The Balaban J connectivity index is 1.51. The standard InChI is InChI=1S/C16H17N5O3/c1-23-15-6-14(18-10-19-15)20-8-12-13(9-20)24-16(22)21(12)7-11-4-2-3-5-17-11/h2-6,10,12-13H,7-9H2,1H3/t12-,13+/m1/s1. The molecule has 0 unspecified atom stereocenters. The van der Waals surface area contributed by atoms with Crippen LogP contribution in [-0.4, -0.2) is 58.3 Å². The van der Waals surface area contributed by atoms with Gasteiger partial charge >= 0.3 is 6.09 Å². The van der Waals surface area contributed by atoms with E-state index in [9.17, 15) is 4.79 Å². The van der Waals surface area contributed by atoms with Gasteiger partial charge in [0.2, 0.25) is 5.88 Å². The molecule has 0 bridgehead atoms. The van der Waals surface area contributed by atoms with Crippen molar-refractivity contribution in [3.05, 3.63) is 42.5 Å². The lowest BCUT2D eigenvalue weighted by atomic mass is 10.2. The monoisotopic (exact) mass is 327 g/mol. The zero-order chi connectivity index (χ0) is 16.5. The first-order valence-electron chi connectivity index (χ1n) is 7.73. The van der Waals surface area contributed by atoms with Crippen LogP contribution in [-0.2, 0) is 11.3 Å². The van der Waals surface area contributed by atoms with E-state index in [4.69, 9.17) is 9.47 Å². The predicted molar refractivity (Wildman–Crippen MR) is 84.6 cm³/mol. The van der Waals surface area contributed by atoms with Gasteiger partial charge in [-0.15, -0.1) is 0 Å². The van der Waals surface area contributed by atoms with Crippen molar-refractivity contribution in [2.24, 2.45) is 0 Å². The number of aromatic nitrogens is 3. The molecule has 0 aromatic carbocycles. The van der Waals surface area contributed by atoms with Gasteiger partial charge in [0.15, 0.2) is 0 Å². The van der Waals surface area contributed by atoms with E-state index in [1.807, 2.05) is 18.2 Å². The Morgan fingerprint density at radius 1 is 1.29 bits per heavy atom. The number of rotatable bonds is 4. The number of ether oxygens (including phenoxy) is 2. The average Bonchev–Trinajstić information content (AvgIpc) is 3.15. The Morgan fingerprint density at radius 2 is 2.21 bits per heavy atom. The number of nitrogens with zero attached hydrogens (tertiary/aromatic N) is 5. The fraction of sp³-hybridized carbons (Fsp3) is 0.375. The van der Waals surface area contributed by atoms with Gasteiger partial charge in [-0.3, -0.25) is 9.88 Å². The van der Waals surface area contributed by atoms with Gasteiger partial charge in [0.05, 0.1) is 31.9 Å². The quantitative estimate of drug-likeness (QED) is 0.831. The molecule has 0 radical (unpaired) electrons. The van der Waals surface area contributed by atoms with E-state index in [0.29, 0.717) is 25.5 Å². The molecule has 2 aromatic rings. The van der Waals surface area contributed by atoms with Crippen LogP contribution in [0.2, 0.25) is 0 Å². The molecular weight excluding hydrogens is 310 g/mol. The normalized spacial score (nSPS) is 22.5. The number of methoxy groups -OCH3 is 1. The summed E-state index contributed by atoms with van der Waals surface area (Å²) < 4.78 is 10.7. The second kappa shape index (κ2) is 5.95. The second-order valence-electron chi connectivity index (χ2n) is 5.76. The highest BCUT2D eigenvalue weighted by Gasteiger charge is 2.48. The van der Waals surface area contributed by atoms with Gasteiger partial charge in [-0.2, -0.15) is 0 Å². The van der Waals surface area contributed by atoms with Gasteiger partial charge < -0.3 is 14.4 Å². The van der Waals surface area contributed by atoms with E-state index in [2.05, 4.69) is 19.9 Å². The van der Waals surface area contributed by atoms with Gasteiger partial charge in [0.25, 0.3) is 0 Å². The summed E-state index contributed by atoms with van der Waals surface area (Å²) in [7, 11) is 1.57. The number of amides is 1. The molecule has 0 aliphatic carbocycles. The summed E-state index contributed by atoms with van der Waals surface area (Å²) in [6, 6.07) is 7.44. The fourth-order valence-corrected chi connectivity index (χ4v) is 3.15. The molecule has 124 valence electrons. The Labute approximate surface area is 139 Å². The van der Waals surface area contributed by atoms with Gasteiger partial charge in [-0.25, -0.2) is 14.8 Å². The number of hydrogen-bond acceptors (Lipinski definition) is 7. The molecule has 4 rings (SSSR count). The van der Waals surface area contributed by atoms with Crippen molar-refractivity contribution in [3.63, 3.8) is 0 Å². The highest BCUT2D eigenvalue weighted by atomic mass is 16.6. The first kappa shape index (κ1) is 14.7. The average molecular weight is 327 g/mol. The van der Waals surface area contributed by atoms with E-state index < -0.39 is 0 Å². The number of carbonyl (C=O) groups is 1. The van der Waals surface area contributed by atoms with E-state index in [0.717, 1.165) is 11.5 Å². The summed E-state index contributed by atoms with van der Waals surface area (Å²) in [5.41, 5.74) is 0.845. The van der Waals surface area contributed by atoms with Crippen LogP contribution in [0.5, 0.6) is 5.88 Å². The Hall–Kier alpha value is -2.90. The number of hydrogen-bond donors (Lipinski definition) is 0. The molecule has 1 amide bonds. The third kappa shape index (κ3) is 2.60. The molecule has 2 aliphatic heterocycles. The molecule has 0 saturated carbocycles. The van der Waals surface area contributed by atoms with E-state index in [1.54, 1.807) is 24.3 Å². The summed E-state index contributed by atoms with van der Waals surface area (Å²) in [5, 5.41) is 0. The zero-order valence-electron chi connectivity index (χ0n) is 13.2. The molecule has 8 heteroatoms. The van der Waals surface area contributed by atoms with Crippen LogP contribution in [0.15, 0.2) is 36.8 Å². The molecule has 2 aromatic heterocycles. The van der Waals surface area contributed by atoms with E-state index >= 15 is 0 Å². The number of pyridine rings is 1. The fourth-order valence-electron chi connectivity index (χ4n) is 3.15. The molecule has 2 aliphatic rings. The van der Waals surface area contributed by atoms with Crippen LogP contribution in [0.1, 0.15) is 5.69 Å². The highest BCUT2D eigenvalue weighted by Crippen LogP contribution is 2.31. The van der Waals surface area contributed by atoms with Crippen molar-refractivity contribution in [1.29, 1.82) is 0 Å². The van der Waals surface area contributed by atoms with Gasteiger partial charge in [-0.1, -0.05) is 6.07 Å². The summed E-state index contributed by atoms with van der Waals surface area (Å²) >= 11 is 0. The van der Waals surface area contributed by atoms with Gasteiger partial charge in [0, 0.05) is 18.8 Å². The lowest BCUT2D eigenvalue weighted by Gasteiger charge is -2.22. The summed E-state index contributed by atoms with van der Waals surface area (Å²) in [6.07, 6.45) is 2.75. The van der Waals surface area contributed by atoms with Crippen LogP contribution in [0.25, 0.3) is 0 Å². The largest absolute Gasteiger partial charge is 0.481 e. The van der Waals surface area contributed by atoms with Crippen molar-refractivity contribution >= 4 is 11.9 Å². The minimum atomic E-state index is -0.282. The van der Waals surface area contributed by atoms with E-state index in [-0.39, 0.29) is 18.2 Å². The first-order valence-corrected chi connectivity index (χ1v) is 7.73. The third-order valence-corrected chi connectivity index (χ3v) is 4.34. The molecule has 0 N–H and O–H groups in total. The summed E-state index contributed by atoms with van der Waals surface area (Å²) in [6.45, 7) is 1.71. The van der Waals surface area contributed by atoms with Gasteiger partial charge in [-0.05, 0) is 12.1 Å². The lowest BCUT2D eigenvalue weighted by molar-refractivity contribution is 0.135. The molecule has 24 heavy (non-hydrogen) atoms. The van der Waals surface area contributed by atoms with Crippen LogP contribution >= 0.6 is 0 Å². The van der Waals surface area contributed by atoms with Crippen LogP contribution < -0.4 is 9.64 Å². The molecule has 0 spiro atoms. The first-order chi connectivity index (χ1) is 11.7. The zero-order valence-corrected chi connectivity index (χ0v) is 13.2. The highest BCUT2D eigenvalue weighted by molar-refractivity contribution is 5.71. The number of anilines is 1. The smallest absolute Gasteiger partial charge is 0.410 e. The Bertz CT molecular complexity index is 742. The molecule has 2 atom stereocenters. The molecule has 8 nitrogen and oxygen atoms in total. The molecule has 2 fully saturated rings. The van der Waals surface area contributed by atoms with Crippen molar-refractivity contribution in [3.8, 4) is 5.88 Å². The van der Waals surface area contributed by atoms with Crippen molar-refractivity contribution < 1.29 is 14.3 Å². The Kier molecular flexibility index (Phi) is 3.64. The maximum atomic E-state index is 12.1. The van der Waals surface area contributed by atoms with Crippen LogP contribution in [0, 0.1) is 0 Å². The molecular formula is C16H17N5O3. The predicted octanol–water partition coefficient (Wildman–Crippen LogP) is 1.09. The number of carbonyl (C=O) groups excluding carboxylic acids is 1. The molecule has 2 saturated heterocycles. The SMILES string of the molecule is COc1cc(N2C[C@@H]3OC(=O)N(Cc4ccccn4)[C@@H]3C2)ncn1. The minimum Gasteiger partial charge on any atom is -0.481 e.